The largest absolute Gasteiger partial charge is 0.484 e. The molecular formula is C25H31N3O2. The molecule has 1 amide bonds. The Morgan fingerprint density at radius 1 is 1.13 bits per heavy atom. The van der Waals surface area contributed by atoms with Crippen molar-refractivity contribution in [1.82, 2.24) is 5.43 Å². The monoisotopic (exact) mass is 405 g/mol. The maximum atomic E-state index is 12.0. The Morgan fingerprint density at radius 3 is 2.43 bits per heavy atom. The highest BCUT2D eigenvalue weighted by Crippen LogP contribution is 2.46. The maximum Gasteiger partial charge on any atom is 0.277 e. The molecule has 0 spiro atoms. The molecule has 158 valence electrons. The van der Waals surface area contributed by atoms with Crippen LogP contribution in [-0.2, 0) is 15.6 Å². The van der Waals surface area contributed by atoms with Gasteiger partial charge in [0, 0.05) is 30.1 Å². The van der Waals surface area contributed by atoms with Gasteiger partial charge < -0.3 is 9.64 Å². The van der Waals surface area contributed by atoms with E-state index in [2.05, 4.69) is 68.2 Å². The highest BCUT2D eigenvalue weighted by Gasteiger charge is 2.37. The summed E-state index contributed by atoms with van der Waals surface area (Å²) in [6, 6.07) is 16.2. The van der Waals surface area contributed by atoms with Crippen molar-refractivity contribution in [3.63, 3.8) is 0 Å². The molecule has 0 atom stereocenters. The molecule has 1 N–H and O–H groups in total. The van der Waals surface area contributed by atoms with Crippen LogP contribution in [0.2, 0.25) is 0 Å². The second-order valence-electron chi connectivity index (χ2n) is 9.13. The Bertz CT molecular complexity index is 967. The summed E-state index contributed by atoms with van der Waals surface area (Å²) in [6.07, 6.45) is 3.56. The highest BCUT2D eigenvalue weighted by molar-refractivity contribution is 5.82. The minimum absolute atomic E-state index is 0.0837. The fourth-order valence-electron chi connectivity index (χ4n) is 3.75. The summed E-state index contributed by atoms with van der Waals surface area (Å²) in [4.78, 5) is 14.2. The van der Waals surface area contributed by atoms with E-state index in [1.54, 1.807) is 6.21 Å². The van der Waals surface area contributed by atoms with Gasteiger partial charge in [-0.3, -0.25) is 4.79 Å². The van der Waals surface area contributed by atoms with E-state index in [0.29, 0.717) is 5.75 Å². The number of rotatable bonds is 5. The van der Waals surface area contributed by atoms with Gasteiger partial charge in [0.15, 0.2) is 6.61 Å². The molecule has 2 aromatic rings. The van der Waals surface area contributed by atoms with E-state index in [4.69, 9.17) is 4.74 Å². The average molecular weight is 406 g/mol. The lowest BCUT2D eigenvalue weighted by molar-refractivity contribution is -0.123. The fourth-order valence-corrected chi connectivity index (χ4v) is 3.75. The van der Waals surface area contributed by atoms with Crippen LogP contribution in [0.25, 0.3) is 0 Å². The number of fused-ring (bicyclic) bond motifs is 1. The number of ether oxygens (including phenoxy) is 1. The number of amides is 1. The van der Waals surface area contributed by atoms with Gasteiger partial charge in [-0.15, -0.1) is 0 Å². The Hall–Kier alpha value is -3.08. The van der Waals surface area contributed by atoms with E-state index in [1.165, 1.54) is 16.8 Å². The number of hydrogen-bond acceptors (Lipinski definition) is 4. The molecule has 3 rings (SSSR count). The first-order chi connectivity index (χ1) is 14.1. The third kappa shape index (κ3) is 4.56. The summed E-state index contributed by atoms with van der Waals surface area (Å²) in [5.41, 5.74) is 7.30. The van der Waals surface area contributed by atoms with Gasteiger partial charge in [0.1, 0.15) is 5.75 Å². The molecule has 5 heteroatoms. The van der Waals surface area contributed by atoms with Gasteiger partial charge in [0.2, 0.25) is 0 Å². The molecule has 2 aromatic carbocycles. The number of para-hydroxylation sites is 1. The summed E-state index contributed by atoms with van der Waals surface area (Å²) in [6.45, 7) is 10.8. The predicted octanol–water partition coefficient (Wildman–Crippen LogP) is 4.78. The van der Waals surface area contributed by atoms with E-state index in [1.807, 2.05) is 43.5 Å². The molecule has 0 aliphatic carbocycles. The Labute approximate surface area is 179 Å². The van der Waals surface area contributed by atoms with Gasteiger partial charge >= 0.3 is 0 Å². The van der Waals surface area contributed by atoms with Crippen LogP contribution in [0.4, 0.5) is 5.69 Å². The number of nitrogens with zero attached hydrogens (tertiary/aromatic N) is 2. The molecule has 0 saturated carbocycles. The normalized spacial score (nSPS) is 16.7. The lowest BCUT2D eigenvalue weighted by Crippen LogP contribution is -2.25. The number of allylic oxidation sites excluding steroid dienone is 2. The van der Waals surface area contributed by atoms with Crippen molar-refractivity contribution in [1.29, 1.82) is 0 Å². The Morgan fingerprint density at radius 2 is 1.80 bits per heavy atom. The number of hydrazone groups is 1. The van der Waals surface area contributed by atoms with Crippen LogP contribution in [0.3, 0.4) is 0 Å². The maximum absolute atomic E-state index is 12.0. The molecule has 0 unspecified atom stereocenters. The van der Waals surface area contributed by atoms with Crippen molar-refractivity contribution < 1.29 is 9.53 Å². The lowest BCUT2D eigenvalue weighted by Gasteiger charge is -2.23. The van der Waals surface area contributed by atoms with E-state index in [9.17, 15) is 4.79 Å². The number of likely N-dealkylation sites (N-methyl/N-ethyl adjacent to an activating group) is 1. The van der Waals surface area contributed by atoms with Crippen molar-refractivity contribution >= 4 is 17.8 Å². The Balaban J connectivity index is 1.54. The van der Waals surface area contributed by atoms with E-state index in [-0.39, 0.29) is 23.3 Å². The standard InChI is InChI=1S/C25H31N3O2/c1-24(2,3)18-11-13-19(14-12-18)30-17-23(29)27-26-16-15-22-25(4,5)20-9-7-8-10-21(20)28(22)6/h7-16H,17H2,1-6H3,(H,27,29)/b22-15+,26-16-. The van der Waals surface area contributed by atoms with Crippen molar-refractivity contribution in [2.75, 3.05) is 18.6 Å². The molecule has 0 bridgehead atoms. The third-order valence-electron chi connectivity index (χ3n) is 5.53. The van der Waals surface area contributed by atoms with Crippen LogP contribution in [0.5, 0.6) is 5.75 Å². The molecule has 5 nitrogen and oxygen atoms in total. The van der Waals surface area contributed by atoms with Gasteiger partial charge in [-0.25, -0.2) is 5.43 Å². The topological polar surface area (TPSA) is 53.9 Å². The first-order valence-electron chi connectivity index (χ1n) is 10.2. The molecular weight excluding hydrogens is 374 g/mol. The first-order valence-corrected chi connectivity index (χ1v) is 10.2. The average Bonchev–Trinajstić information content (AvgIpc) is 2.90. The van der Waals surface area contributed by atoms with Crippen LogP contribution in [0.15, 0.2) is 65.4 Å². The number of nitrogens with one attached hydrogen (secondary N) is 1. The molecule has 0 saturated heterocycles. The van der Waals surface area contributed by atoms with Crippen LogP contribution in [-0.4, -0.2) is 25.8 Å². The third-order valence-corrected chi connectivity index (χ3v) is 5.53. The minimum Gasteiger partial charge on any atom is -0.484 e. The van der Waals surface area contributed by atoms with Gasteiger partial charge in [-0.2, -0.15) is 5.10 Å². The van der Waals surface area contributed by atoms with Gasteiger partial charge in [-0.1, -0.05) is 65.0 Å². The molecule has 0 aromatic heterocycles. The van der Waals surface area contributed by atoms with Crippen molar-refractivity contribution in [2.45, 2.75) is 45.4 Å². The number of carbonyl (C=O) groups excluding carboxylic acids is 1. The summed E-state index contributed by atoms with van der Waals surface area (Å²) >= 11 is 0. The first kappa shape index (κ1) is 21.6. The summed E-state index contributed by atoms with van der Waals surface area (Å²) < 4.78 is 5.55. The Kier molecular flexibility index (Phi) is 6.01. The quantitative estimate of drug-likeness (QED) is 0.575. The van der Waals surface area contributed by atoms with Crippen LogP contribution in [0.1, 0.15) is 45.7 Å². The fraction of sp³-hybridized carbons (Fsp3) is 0.360. The second kappa shape index (κ2) is 8.34. The SMILES string of the molecule is CN1/C(=C/C=N\NC(=O)COc2ccc(C(C)(C)C)cc2)C(C)(C)c2ccccc21. The number of anilines is 1. The minimum atomic E-state index is -0.299. The molecule has 0 radical (unpaired) electrons. The zero-order valence-corrected chi connectivity index (χ0v) is 18.7. The van der Waals surface area contributed by atoms with Crippen LogP contribution >= 0.6 is 0 Å². The van der Waals surface area contributed by atoms with Gasteiger partial charge in [-0.05, 0) is 40.8 Å². The number of hydrogen-bond donors (Lipinski definition) is 1. The highest BCUT2D eigenvalue weighted by atomic mass is 16.5. The molecule has 0 fully saturated rings. The van der Waals surface area contributed by atoms with E-state index >= 15 is 0 Å². The van der Waals surface area contributed by atoms with Gasteiger partial charge in [0.25, 0.3) is 5.91 Å². The molecule has 1 aliphatic heterocycles. The van der Waals surface area contributed by atoms with Crippen LogP contribution < -0.4 is 15.1 Å². The molecule has 1 heterocycles. The zero-order valence-electron chi connectivity index (χ0n) is 18.7. The molecule has 30 heavy (non-hydrogen) atoms. The second-order valence-corrected chi connectivity index (χ2v) is 9.13. The lowest BCUT2D eigenvalue weighted by atomic mass is 9.84. The zero-order chi connectivity index (χ0) is 21.9. The summed E-state index contributed by atoms with van der Waals surface area (Å²) in [7, 11) is 2.05. The summed E-state index contributed by atoms with van der Waals surface area (Å²) in [5.74, 6) is 0.364. The van der Waals surface area contributed by atoms with E-state index < -0.39 is 0 Å². The van der Waals surface area contributed by atoms with Crippen molar-refractivity contribution in [3.8, 4) is 5.75 Å². The van der Waals surface area contributed by atoms with Crippen molar-refractivity contribution in [2.24, 2.45) is 5.10 Å². The van der Waals surface area contributed by atoms with Crippen molar-refractivity contribution in [3.05, 3.63) is 71.4 Å². The van der Waals surface area contributed by atoms with Crippen LogP contribution in [0, 0.1) is 0 Å². The smallest absolute Gasteiger partial charge is 0.277 e. The molecule has 1 aliphatic rings. The predicted molar refractivity (Wildman–Crippen MR) is 123 cm³/mol. The van der Waals surface area contributed by atoms with E-state index in [0.717, 1.165) is 5.70 Å². The summed E-state index contributed by atoms with van der Waals surface area (Å²) in [5, 5.41) is 4.05. The number of carbonyl (C=O) groups is 1. The van der Waals surface area contributed by atoms with Gasteiger partial charge in [0.05, 0.1) is 0 Å². The number of benzene rings is 2.